The molecule has 0 radical (unpaired) electrons. The van der Waals surface area contributed by atoms with Gasteiger partial charge < -0.3 is 4.74 Å². The molecule has 2 unspecified atom stereocenters. The van der Waals surface area contributed by atoms with Crippen LogP contribution in [0, 0.1) is 0 Å². The van der Waals surface area contributed by atoms with E-state index < -0.39 is 0 Å². The molecule has 3 rings (SSSR count). The van der Waals surface area contributed by atoms with Crippen molar-refractivity contribution in [3.63, 3.8) is 0 Å². The van der Waals surface area contributed by atoms with Gasteiger partial charge in [0.2, 0.25) is 0 Å². The van der Waals surface area contributed by atoms with Crippen LogP contribution in [0.1, 0.15) is 56.1 Å². The number of aryl methyl sites for hydroxylation is 2. The molecule has 1 aliphatic heterocycles. The predicted molar refractivity (Wildman–Crippen MR) is 114 cm³/mol. The maximum Gasteiger partial charge on any atom is 0.323 e. The van der Waals surface area contributed by atoms with Gasteiger partial charge in [0.05, 0.1) is 0 Å². The van der Waals surface area contributed by atoms with Gasteiger partial charge in [0.25, 0.3) is 0 Å². The summed E-state index contributed by atoms with van der Waals surface area (Å²) in [5, 5.41) is 0. The highest BCUT2D eigenvalue weighted by Gasteiger charge is 2.29. The molecule has 1 aliphatic rings. The zero-order valence-electron chi connectivity index (χ0n) is 17.5. The highest BCUT2D eigenvalue weighted by atomic mass is 16.5. The zero-order chi connectivity index (χ0) is 20.3. The molecule has 0 amide bonds. The molecule has 5 heteroatoms. The third-order valence-corrected chi connectivity index (χ3v) is 5.78. The molecule has 1 saturated heterocycles. The lowest BCUT2D eigenvalue weighted by atomic mass is 10.0. The van der Waals surface area contributed by atoms with E-state index in [2.05, 4.69) is 33.1 Å². The maximum absolute atomic E-state index is 12.8. The Morgan fingerprint density at radius 2 is 1.83 bits per heavy atom. The minimum absolute atomic E-state index is 0.0173. The van der Waals surface area contributed by atoms with Gasteiger partial charge in [-0.25, -0.2) is 0 Å². The van der Waals surface area contributed by atoms with Crippen molar-refractivity contribution in [1.82, 2.24) is 14.9 Å². The Hall–Kier alpha value is -2.27. The van der Waals surface area contributed by atoms with Gasteiger partial charge in [-0.3, -0.25) is 19.7 Å². The van der Waals surface area contributed by atoms with E-state index in [0.717, 1.165) is 57.9 Å². The van der Waals surface area contributed by atoms with Crippen LogP contribution in [0.5, 0.6) is 0 Å². The molecule has 29 heavy (non-hydrogen) atoms. The van der Waals surface area contributed by atoms with Crippen LogP contribution in [-0.4, -0.2) is 46.6 Å². The Labute approximate surface area is 174 Å². The van der Waals surface area contributed by atoms with Crippen molar-refractivity contribution in [2.24, 2.45) is 0 Å². The molecule has 3 heterocycles. The average Bonchev–Trinajstić information content (AvgIpc) is 2.75. The smallest absolute Gasteiger partial charge is 0.323 e. The van der Waals surface area contributed by atoms with Gasteiger partial charge in [0.15, 0.2) is 0 Å². The van der Waals surface area contributed by atoms with Gasteiger partial charge in [-0.2, -0.15) is 0 Å². The van der Waals surface area contributed by atoms with E-state index in [1.165, 1.54) is 17.5 Å². The average molecular weight is 396 g/mol. The first-order valence-electron chi connectivity index (χ1n) is 10.9. The van der Waals surface area contributed by atoms with Crippen LogP contribution in [0.2, 0.25) is 0 Å². The quantitative estimate of drug-likeness (QED) is 0.564. The summed E-state index contributed by atoms with van der Waals surface area (Å²) in [6.07, 6.45) is 16.3. The van der Waals surface area contributed by atoms with Crippen LogP contribution in [0.25, 0.3) is 0 Å². The van der Waals surface area contributed by atoms with Crippen molar-refractivity contribution in [1.29, 1.82) is 0 Å². The van der Waals surface area contributed by atoms with E-state index >= 15 is 0 Å². The topological polar surface area (TPSA) is 55.3 Å². The van der Waals surface area contributed by atoms with Crippen LogP contribution < -0.4 is 0 Å². The summed E-state index contributed by atoms with van der Waals surface area (Å²) >= 11 is 0. The summed E-state index contributed by atoms with van der Waals surface area (Å²) in [5.74, 6) is -0.0394. The van der Waals surface area contributed by atoms with Crippen molar-refractivity contribution in [3.8, 4) is 0 Å². The molecular formula is C24H33N3O2. The fourth-order valence-electron chi connectivity index (χ4n) is 4.04. The van der Waals surface area contributed by atoms with Gasteiger partial charge in [0, 0.05) is 24.8 Å². The normalized spacial score (nSPS) is 18.3. The lowest BCUT2D eigenvalue weighted by Crippen LogP contribution is -2.44. The molecule has 2 aromatic rings. The monoisotopic (exact) mass is 395 g/mol. The molecule has 1 fully saturated rings. The number of likely N-dealkylation sites (N-methyl/N-ethyl adjacent to an activating group) is 1. The number of piperidine rings is 1. The number of carbonyl (C=O) groups excluding carboxylic acids is 1. The van der Waals surface area contributed by atoms with Crippen molar-refractivity contribution >= 4 is 5.97 Å². The lowest BCUT2D eigenvalue weighted by molar-refractivity contribution is -0.157. The molecule has 5 nitrogen and oxygen atoms in total. The number of nitrogens with zero attached hydrogens (tertiary/aromatic N) is 3. The van der Waals surface area contributed by atoms with Crippen LogP contribution in [0.15, 0.2) is 49.1 Å². The fraction of sp³-hybridized carbons (Fsp3) is 0.542. The van der Waals surface area contributed by atoms with E-state index in [1.807, 2.05) is 31.7 Å². The van der Waals surface area contributed by atoms with Crippen molar-refractivity contribution < 1.29 is 9.53 Å². The Morgan fingerprint density at radius 3 is 2.52 bits per heavy atom. The number of likely N-dealkylation sites (tertiary alicyclic amines) is 1. The maximum atomic E-state index is 12.8. The minimum atomic E-state index is -0.0789. The second-order valence-electron chi connectivity index (χ2n) is 8.05. The number of ether oxygens (including phenoxy) is 1. The molecule has 0 aliphatic carbocycles. The van der Waals surface area contributed by atoms with Crippen molar-refractivity contribution in [2.75, 3.05) is 13.6 Å². The SMILES string of the molecule is CN1CCCCC1C(=O)OC(CCCc1ccncc1)CCCc1cccnc1. The van der Waals surface area contributed by atoms with E-state index in [1.54, 1.807) is 6.20 Å². The summed E-state index contributed by atoms with van der Waals surface area (Å²) in [5.41, 5.74) is 2.52. The number of esters is 1. The molecule has 0 saturated carbocycles. The predicted octanol–water partition coefficient (Wildman–Crippen LogP) is 4.22. The molecule has 0 N–H and O–H groups in total. The van der Waals surface area contributed by atoms with Crippen molar-refractivity contribution in [2.45, 2.75) is 69.9 Å². The molecule has 2 atom stereocenters. The highest BCUT2D eigenvalue weighted by Crippen LogP contribution is 2.20. The minimum Gasteiger partial charge on any atom is -0.461 e. The number of pyridine rings is 2. The first-order chi connectivity index (χ1) is 14.2. The Kier molecular flexibility index (Phi) is 8.62. The summed E-state index contributed by atoms with van der Waals surface area (Å²) in [6.45, 7) is 0.980. The molecular weight excluding hydrogens is 362 g/mol. The second-order valence-corrected chi connectivity index (χ2v) is 8.05. The first kappa shape index (κ1) is 21.4. The standard InChI is InChI=1S/C24H33N3O2/c1-27-18-3-2-12-23(27)24(28)29-22(10-4-7-20-13-16-25-17-14-20)11-5-8-21-9-6-15-26-19-21/h6,9,13-17,19,22-23H,2-5,7-8,10-12,18H2,1H3. The Balaban J connectivity index is 1.51. The van der Waals surface area contributed by atoms with E-state index in [-0.39, 0.29) is 18.1 Å². The van der Waals surface area contributed by atoms with Gasteiger partial charge in [-0.05, 0) is 94.3 Å². The molecule has 0 aromatic carbocycles. The number of hydrogen-bond acceptors (Lipinski definition) is 5. The van der Waals surface area contributed by atoms with Crippen molar-refractivity contribution in [3.05, 3.63) is 60.2 Å². The first-order valence-corrected chi connectivity index (χ1v) is 10.9. The van der Waals surface area contributed by atoms with Crippen LogP contribution in [0.4, 0.5) is 0 Å². The number of aromatic nitrogens is 2. The van der Waals surface area contributed by atoms with Gasteiger partial charge >= 0.3 is 5.97 Å². The zero-order valence-corrected chi connectivity index (χ0v) is 17.5. The summed E-state index contributed by atoms with van der Waals surface area (Å²) in [7, 11) is 2.03. The number of hydrogen-bond donors (Lipinski definition) is 0. The Bertz CT molecular complexity index is 678. The third kappa shape index (κ3) is 7.24. The molecule has 0 spiro atoms. The van der Waals surface area contributed by atoms with Gasteiger partial charge in [-0.1, -0.05) is 12.5 Å². The summed E-state index contributed by atoms with van der Waals surface area (Å²) < 4.78 is 6.03. The van der Waals surface area contributed by atoms with E-state index in [4.69, 9.17) is 4.74 Å². The lowest BCUT2D eigenvalue weighted by Gasteiger charge is -2.32. The summed E-state index contributed by atoms with van der Waals surface area (Å²) in [4.78, 5) is 23.2. The highest BCUT2D eigenvalue weighted by molar-refractivity contribution is 5.76. The fourth-order valence-corrected chi connectivity index (χ4v) is 4.04. The largest absolute Gasteiger partial charge is 0.461 e. The molecule has 0 bridgehead atoms. The number of rotatable bonds is 10. The van der Waals surface area contributed by atoms with Crippen LogP contribution >= 0.6 is 0 Å². The van der Waals surface area contributed by atoms with E-state index in [9.17, 15) is 4.79 Å². The van der Waals surface area contributed by atoms with Gasteiger partial charge in [-0.15, -0.1) is 0 Å². The molecule has 156 valence electrons. The van der Waals surface area contributed by atoms with Crippen LogP contribution in [0.3, 0.4) is 0 Å². The van der Waals surface area contributed by atoms with Crippen LogP contribution in [-0.2, 0) is 22.4 Å². The number of carbonyl (C=O) groups is 1. The summed E-state index contributed by atoms with van der Waals surface area (Å²) in [6, 6.07) is 8.11. The van der Waals surface area contributed by atoms with Gasteiger partial charge in [0.1, 0.15) is 12.1 Å². The van der Waals surface area contributed by atoms with E-state index in [0.29, 0.717) is 0 Å². The Morgan fingerprint density at radius 1 is 1.07 bits per heavy atom. The second kappa shape index (κ2) is 11.7. The third-order valence-electron chi connectivity index (χ3n) is 5.78. The molecule has 2 aromatic heterocycles.